The number of anilines is 1. The first-order valence-electron chi connectivity index (χ1n) is 12.3. The van der Waals surface area contributed by atoms with Crippen molar-refractivity contribution in [2.24, 2.45) is 5.92 Å². The number of rotatable bonds is 10. The van der Waals surface area contributed by atoms with Gasteiger partial charge in [0, 0.05) is 6.20 Å². The maximum absolute atomic E-state index is 13.3. The highest BCUT2D eigenvalue weighted by Gasteiger charge is 2.45. The van der Waals surface area contributed by atoms with E-state index in [1.54, 1.807) is 30.3 Å². The van der Waals surface area contributed by atoms with Crippen molar-refractivity contribution in [2.45, 2.75) is 51.7 Å². The predicted octanol–water partition coefficient (Wildman–Crippen LogP) is 4.39. The Balaban J connectivity index is 1.85. The van der Waals surface area contributed by atoms with Gasteiger partial charge in [-0.25, -0.2) is 9.18 Å². The maximum Gasteiger partial charge on any atom is 0.416 e. The molecule has 2 atom stereocenters. The van der Waals surface area contributed by atoms with Crippen molar-refractivity contribution in [3.05, 3.63) is 99.7 Å². The van der Waals surface area contributed by atoms with Crippen molar-refractivity contribution in [3.8, 4) is 0 Å². The summed E-state index contributed by atoms with van der Waals surface area (Å²) < 4.78 is 58.7. The molecule has 0 radical (unpaired) electrons. The van der Waals surface area contributed by atoms with E-state index in [2.05, 4.69) is 10.6 Å². The van der Waals surface area contributed by atoms with Gasteiger partial charge in [0.05, 0.1) is 6.04 Å². The van der Waals surface area contributed by atoms with Gasteiger partial charge in [0.2, 0.25) is 5.91 Å². The van der Waals surface area contributed by atoms with E-state index in [1.165, 1.54) is 50.4 Å². The van der Waals surface area contributed by atoms with Crippen molar-refractivity contribution >= 4 is 17.7 Å². The summed E-state index contributed by atoms with van der Waals surface area (Å²) in [7, 11) is 0. The number of pyridine rings is 1. The van der Waals surface area contributed by atoms with Gasteiger partial charge in [0.25, 0.3) is 5.56 Å². The molecule has 12 heteroatoms. The smallest absolute Gasteiger partial charge is 0.416 e. The molecule has 0 spiro atoms. The van der Waals surface area contributed by atoms with Crippen molar-refractivity contribution < 1.29 is 37.0 Å². The molecule has 0 aliphatic rings. The minimum Gasteiger partial charge on any atom is -0.444 e. The number of aliphatic hydroxyl groups is 1. The lowest BCUT2D eigenvalue weighted by Gasteiger charge is -2.29. The highest BCUT2D eigenvalue weighted by atomic mass is 19.4. The number of carbonyl (C=O) groups excluding carboxylic acids is 2. The van der Waals surface area contributed by atoms with Gasteiger partial charge >= 0.3 is 12.3 Å². The fourth-order valence-electron chi connectivity index (χ4n) is 3.91. The van der Waals surface area contributed by atoms with Crippen LogP contribution in [0.25, 0.3) is 0 Å². The number of halogens is 4. The molecule has 214 valence electrons. The van der Waals surface area contributed by atoms with Crippen LogP contribution in [0.5, 0.6) is 0 Å². The number of hydrogen-bond donors (Lipinski definition) is 3. The van der Waals surface area contributed by atoms with Gasteiger partial charge in [0.1, 0.15) is 24.7 Å². The van der Waals surface area contributed by atoms with E-state index in [9.17, 15) is 37.1 Å². The lowest BCUT2D eigenvalue weighted by Crippen LogP contribution is -2.53. The average molecular weight is 564 g/mol. The van der Waals surface area contributed by atoms with Gasteiger partial charge < -0.3 is 19.7 Å². The molecule has 8 nitrogen and oxygen atoms in total. The monoisotopic (exact) mass is 563 g/mol. The van der Waals surface area contributed by atoms with Crippen LogP contribution in [0.3, 0.4) is 0 Å². The molecule has 0 bridgehead atoms. The molecule has 0 aliphatic carbocycles. The van der Waals surface area contributed by atoms with E-state index in [1.807, 2.05) is 0 Å². The summed E-state index contributed by atoms with van der Waals surface area (Å²) in [4.78, 5) is 38.2. The second-order valence-electron chi connectivity index (χ2n) is 9.51. The molecule has 0 saturated carbocycles. The SMILES string of the molecule is CC(C)C(NC(=O)Cn1cc(Cc2ccc(F)cc2)cc(NC(=O)OCc2ccccc2)c1=O)C(O)C(F)(F)F. The van der Waals surface area contributed by atoms with Crippen LogP contribution in [0.4, 0.5) is 28.0 Å². The van der Waals surface area contributed by atoms with Crippen LogP contribution in [0.1, 0.15) is 30.5 Å². The topological polar surface area (TPSA) is 110 Å². The zero-order valence-electron chi connectivity index (χ0n) is 21.7. The second-order valence-corrected chi connectivity index (χ2v) is 9.51. The minimum absolute atomic E-state index is 0.0728. The number of amides is 2. The van der Waals surface area contributed by atoms with Crippen molar-refractivity contribution in [2.75, 3.05) is 5.32 Å². The lowest BCUT2D eigenvalue weighted by atomic mass is 9.98. The molecule has 1 heterocycles. The molecule has 0 fully saturated rings. The largest absolute Gasteiger partial charge is 0.444 e. The summed E-state index contributed by atoms with van der Waals surface area (Å²) in [6.07, 6.45) is -7.22. The number of carbonyl (C=O) groups is 2. The summed E-state index contributed by atoms with van der Waals surface area (Å²) in [5.41, 5.74) is 0.751. The standard InChI is InChI=1S/C28H29F4N3O5/c1-17(2)24(25(37)28(30,31)32)34-23(36)15-35-14-20(12-18-8-10-21(29)11-9-18)13-22(26(35)38)33-27(39)40-16-19-6-4-3-5-7-19/h3-11,13-14,17,24-25,37H,12,15-16H2,1-2H3,(H,33,39)(H,34,36). The minimum atomic E-state index is -4.97. The van der Waals surface area contributed by atoms with Crippen LogP contribution in [0.2, 0.25) is 0 Å². The Hall–Kier alpha value is -4.19. The number of ether oxygens (including phenoxy) is 1. The molecular weight excluding hydrogens is 534 g/mol. The molecule has 3 rings (SSSR count). The van der Waals surface area contributed by atoms with Gasteiger partial charge in [-0.2, -0.15) is 13.2 Å². The molecule has 40 heavy (non-hydrogen) atoms. The normalized spacial score (nSPS) is 13.0. The molecule has 2 unspecified atom stereocenters. The fraction of sp³-hybridized carbons (Fsp3) is 0.321. The molecule has 2 amide bonds. The summed E-state index contributed by atoms with van der Waals surface area (Å²) in [6, 6.07) is 14.0. The van der Waals surface area contributed by atoms with Crippen LogP contribution in [-0.2, 0) is 29.1 Å². The van der Waals surface area contributed by atoms with Crippen LogP contribution < -0.4 is 16.2 Å². The number of aliphatic hydroxyl groups excluding tert-OH is 1. The molecule has 0 aliphatic heterocycles. The lowest BCUT2D eigenvalue weighted by molar-refractivity contribution is -0.215. The molecule has 1 aromatic heterocycles. The van der Waals surface area contributed by atoms with Crippen LogP contribution in [-0.4, -0.2) is 40.0 Å². The Morgan fingerprint density at radius 2 is 1.65 bits per heavy atom. The Morgan fingerprint density at radius 3 is 2.25 bits per heavy atom. The molecule has 0 saturated heterocycles. The van der Waals surface area contributed by atoms with E-state index < -0.39 is 54.2 Å². The summed E-state index contributed by atoms with van der Waals surface area (Å²) in [5, 5.41) is 14.2. The number of hydrogen-bond acceptors (Lipinski definition) is 5. The number of alkyl halides is 3. The molecule has 3 N–H and O–H groups in total. The van der Waals surface area contributed by atoms with Gasteiger partial charge in [-0.1, -0.05) is 56.3 Å². The Labute approximate surface area is 227 Å². The first-order chi connectivity index (χ1) is 18.8. The van der Waals surface area contributed by atoms with Crippen molar-refractivity contribution in [3.63, 3.8) is 0 Å². The number of aromatic nitrogens is 1. The molecule has 2 aromatic carbocycles. The third kappa shape index (κ3) is 8.67. The number of nitrogens with zero attached hydrogens (tertiary/aromatic N) is 1. The van der Waals surface area contributed by atoms with E-state index in [0.717, 1.165) is 4.57 Å². The third-order valence-corrected chi connectivity index (χ3v) is 5.95. The number of nitrogens with one attached hydrogen (secondary N) is 2. The summed E-state index contributed by atoms with van der Waals surface area (Å²) in [5.74, 6) is -2.19. The highest BCUT2D eigenvalue weighted by Crippen LogP contribution is 2.25. The summed E-state index contributed by atoms with van der Waals surface area (Å²) >= 11 is 0. The molecule has 3 aromatic rings. The van der Waals surface area contributed by atoms with Crippen molar-refractivity contribution in [1.29, 1.82) is 0 Å². The first kappa shape index (κ1) is 30.4. The van der Waals surface area contributed by atoms with E-state index >= 15 is 0 Å². The van der Waals surface area contributed by atoms with Gasteiger partial charge in [-0.05, 0) is 47.2 Å². The Bertz CT molecular complexity index is 1360. The second kappa shape index (κ2) is 13.2. The highest BCUT2D eigenvalue weighted by molar-refractivity contribution is 5.84. The van der Waals surface area contributed by atoms with Gasteiger partial charge in [-0.15, -0.1) is 0 Å². The van der Waals surface area contributed by atoms with Crippen LogP contribution in [0, 0.1) is 11.7 Å². The van der Waals surface area contributed by atoms with E-state index in [0.29, 0.717) is 16.7 Å². The zero-order chi connectivity index (χ0) is 29.4. The van der Waals surface area contributed by atoms with Crippen LogP contribution >= 0.6 is 0 Å². The number of benzene rings is 2. The summed E-state index contributed by atoms with van der Waals surface area (Å²) in [6.45, 7) is 2.03. The maximum atomic E-state index is 13.3. The van der Waals surface area contributed by atoms with E-state index in [-0.39, 0.29) is 18.7 Å². The Morgan fingerprint density at radius 1 is 1.00 bits per heavy atom. The predicted molar refractivity (Wildman–Crippen MR) is 139 cm³/mol. The fourth-order valence-corrected chi connectivity index (χ4v) is 3.91. The third-order valence-electron chi connectivity index (χ3n) is 5.95. The first-order valence-corrected chi connectivity index (χ1v) is 12.3. The Kier molecular flexibility index (Phi) is 10.1. The average Bonchev–Trinajstić information content (AvgIpc) is 2.89. The molecular formula is C28H29F4N3O5. The zero-order valence-corrected chi connectivity index (χ0v) is 21.7. The van der Waals surface area contributed by atoms with Crippen LogP contribution in [0.15, 0.2) is 71.7 Å². The van der Waals surface area contributed by atoms with Gasteiger partial charge in [-0.3, -0.25) is 14.9 Å². The quantitative estimate of drug-likeness (QED) is 0.317. The van der Waals surface area contributed by atoms with E-state index in [4.69, 9.17) is 4.74 Å². The van der Waals surface area contributed by atoms with Crippen molar-refractivity contribution in [1.82, 2.24) is 9.88 Å². The van der Waals surface area contributed by atoms with Gasteiger partial charge in [0.15, 0.2) is 6.10 Å².